The third-order valence-electron chi connectivity index (χ3n) is 2.46. The van der Waals surface area contributed by atoms with Gasteiger partial charge in [0.25, 0.3) is 7.41 Å². The molecule has 3 heteroatoms. The third-order valence-corrected chi connectivity index (χ3v) is 2.46. The van der Waals surface area contributed by atoms with Gasteiger partial charge in [-0.25, -0.2) is 0 Å². The molecule has 0 saturated carbocycles. The van der Waals surface area contributed by atoms with Crippen molar-refractivity contribution >= 4 is 13.1 Å². The van der Waals surface area contributed by atoms with E-state index in [-0.39, 0.29) is 0 Å². The fraction of sp³-hybridized carbons (Fsp3) is 0.455. The van der Waals surface area contributed by atoms with Crippen LogP contribution in [0.1, 0.15) is 25.3 Å². The van der Waals surface area contributed by atoms with Crippen molar-refractivity contribution in [2.45, 2.75) is 26.1 Å². The van der Waals surface area contributed by atoms with Gasteiger partial charge in [-0.05, 0) is 29.9 Å². The van der Waals surface area contributed by atoms with Gasteiger partial charge in [0.1, 0.15) is 0 Å². The van der Waals surface area contributed by atoms with Crippen molar-refractivity contribution in [3.63, 3.8) is 0 Å². The zero-order valence-electron chi connectivity index (χ0n) is 8.73. The monoisotopic (exact) mass is 188 g/mol. The lowest BCUT2D eigenvalue weighted by atomic mass is 9.90. The fourth-order valence-electron chi connectivity index (χ4n) is 1.56. The van der Waals surface area contributed by atoms with Gasteiger partial charge in [0.05, 0.1) is 6.61 Å². The summed E-state index contributed by atoms with van der Waals surface area (Å²) in [6, 6.07) is 8.54. The van der Waals surface area contributed by atoms with E-state index in [9.17, 15) is 0 Å². The molecule has 0 aromatic heterocycles. The molecule has 0 amide bonds. The third kappa shape index (κ3) is 1.93. The molecule has 0 aliphatic carbocycles. The van der Waals surface area contributed by atoms with Crippen molar-refractivity contribution in [1.82, 2.24) is 0 Å². The minimum absolute atomic E-state index is 0.590. The minimum Gasteiger partial charge on any atom is -0.306 e. The Hall–Kier alpha value is -0.955. The van der Waals surface area contributed by atoms with Crippen LogP contribution in [0, 0.1) is 0 Å². The Bertz CT molecular complexity index is 291. The molecule has 0 N–H and O–H groups in total. The van der Waals surface area contributed by atoms with Gasteiger partial charge in [-0.2, -0.15) is 0 Å². The Morgan fingerprint density at radius 3 is 2.50 bits per heavy atom. The summed E-state index contributed by atoms with van der Waals surface area (Å²) in [4.78, 5) is 7.27. The van der Waals surface area contributed by atoms with Crippen LogP contribution in [-0.2, 0) is 4.84 Å². The fourth-order valence-corrected chi connectivity index (χ4v) is 1.56. The van der Waals surface area contributed by atoms with Crippen LogP contribution in [0.15, 0.2) is 24.3 Å². The molecule has 0 unspecified atom stereocenters. The van der Waals surface area contributed by atoms with Gasteiger partial charge >= 0.3 is 0 Å². The Morgan fingerprint density at radius 1 is 1.29 bits per heavy atom. The topological polar surface area (TPSA) is 12.5 Å². The van der Waals surface area contributed by atoms with Crippen LogP contribution in [-0.4, -0.2) is 14.0 Å². The van der Waals surface area contributed by atoms with E-state index < -0.39 is 0 Å². The summed E-state index contributed by atoms with van der Waals surface area (Å²) in [5, 5.41) is 0. The summed E-state index contributed by atoms with van der Waals surface area (Å²) in [6.45, 7) is 5.20. The molecule has 1 aromatic carbocycles. The molecule has 0 atom stereocenters. The molecule has 1 aliphatic heterocycles. The van der Waals surface area contributed by atoms with Gasteiger partial charge in [-0.1, -0.05) is 26.0 Å². The molecule has 2 nitrogen and oxygen atoms in total. The summed E-state index contributed by atoms with van der Waals surface area (Å²) in [5.74, 6) is 0.590. The first kappa shape index (κ1) is 9.59. The molecule has 1 saturated heterocycles. The van der Waals surface area contributed by atoms with E-state index in [1.807, 2.05) is 4.97 Å². The van der Waals surface area contributed by atoms with Crippen LogP contribution in [0.25, 0.3) is 0 Å². The minimum atomic E-state index is 0.590. The maximum absolute atomic E-state index is 5.42. The highest BCUT2D eigenvalue weighted by atomic mass is 16.7. The molecule has 1 fully saturated rings. The zero-order chi connectivity index (χ0) is 9.97. The first-order chi connectivity index (χ1) is 6.77. The smallest absolute Gasteiger partial charge is 0.288 e. The van der Waals surface area contributed by atoms with Crippen LogP contribution < -0.4 is 4.97 Å². The van der Waals surface area contributed by atoms with E-state index >= 15 is 0 Å². The maximum atomic E-state index is 5.42. The number of anilines is 1. The standard InChI is InChI=1S/C11H15BNO/c1-9(2)10-3-5-11(6-4-10)13-12-7-8-14-13/h3-6,9H,7-8H2,1-2H3. The van der Waals surface area contributed by atoms with Gasteiger partial charge in [0, 0.05) is 5.69 Å². The summed E-state index contributed by atoms with van der Waals surface area (Å²) < 4.78 is 0. The molecule has 1 aliphatic rings. The van der Waals surface area contributed by atoms with Gasteiger partial charge in [-0.3, -0.25) is 4.84 Å². The van der Waals surface area contributed by atoms with Crippen molar-refractivity contribution in [3.05, 3.63) is 29.8 Å². The van der Waals surface area contributed by atoms with Gasteiger partial charge < -0.3 is 4.97 Å². The molecule has 1 aromatic rings. The summed E-state index contributed by atoms with van der Waals surface area (Å²) in [5.41, 5.74) is 2.49. The highest BCUT2D eigenvalue weighted by Crippen LogP contribution is 2.21. The second-order valence-corrected chi connectivity index (χ2v) is 3.88. The Labute approximate surface area is 86.1 Å². The van der Waals surface area contributed by atoms with E-state index in [1.54, 1.807) is 0 Å². The van der Waals surface area contributed by atoms with Crippen LogP contribution in [0.2, 0.25) is 6.32 Å². The molecule has 2 rings (SSSR count). The van der Waals surface area contributed by atoms with E-state index in [1.165, 1.54) is 5.56 Å². The van der Waals surface area contributed by atoms with Crippen molar-refractivity contribution in [3.8, 4) is 0 Å². The average Bonchev–Trinajstić information content (AvgIpc) is 2.71. The van der Waals surface area contributed by atoms with E-state index in [0.717, 1.165) is 18.6 Å². The zero-order valence-corrected chi connectivity index (χ0v) is 8.73. The number of hydrogen-bond acceptors (Lipinski definition) is 2. The molecule has 1 radical (unpaired) electrons. The Morgan fingerprint density at radius 2 is 2.00 bits per heavy atom. The van der Waals surface area contributed by atoms with Crippen LogP contribution in [0.4, 0.5) is 5.69 Å². The van der Waals surface area contributed by atoms with Crippen molar-refractivity contribution in [2.75, 3.05) is 11.6 Å². The lowest BCUT2D eigenvalue weighted by Gasteiger charge is -2.17. The van der Waals surface area contributed by atoms with E-state index in [0.29, 0.717) is 5.92 Å². The first-order valence-electron chi connectivity index (χ1n) is 5.13. The summed E-state index contributed by atoms with van der Waals surface area (Å²) in [6.07, 6.45) is 1.01. The highest BCUT2D eigenvalue weighted by Gasteiger charge is 2.15. The van der Waals surface area contributed by atoms with Crippen LogP contribution in [0.5, 0.6) is 0 Å². The number of benzene rings is 1. The quantitative estimate of drug-likeness (QED) is 0.661. The van der Waals surface area contributed by atoms with Crippen molar-refractivity contribution in [1.29, 1.82) is 0 Å². The SMILES string of the molecule is CC(C)c1ccc(N2[B]CCO2)cc1. The molecule has 14 heavy (non-hydrogen) atoms. The van der Waals surface area contributed by atoms with E-state index in [4.69, 9.17) is 4.84 Å². The second kappa shape index (κ2) is 4.05. The van der Waals surface area contributed by atoms with E-state index in [2.05, 4.69) is 45.5 Å². The molecular weight excluding hydrogens is 173 g/mol. The number of hydrogen-bond donors (Lipinski definition) is 0. The largest absolute Gasteiger partial charge is 0.306 e. The van der Waals surface area contributed by atoms with Crippen LogP contribution in [0.3, 0.4) is 0 Å². The molecule has 0 spiro atoms. The van der Waals surface area contributed by atoms with Crippen molar-refractivity contribution < 1.29 is 4.84 Å². The van der Waals surface area contributed by atoms with Gasteiger partial charge in [0.2, 0.25) is 0 Å². The molecule has 1 heterocycles. The van der Waals surface area contributed by atoms with Gasteiger partial charge in [0.15, 0.2) is 0 Å². The predicted octanol–water partition coefficient (Wildman–Crippen LogP) is 2.60. The number of rotatable bonds is 2. The Balaban J connectivity index is 2.12. The summed E-state index contributed by atoms with van der Waals surface area (Å²) in [7, 11) is 2.07. The van der Waals surface area contributed by atoms with Gasteiger partial charge in [-0.15, -0.1) is 0 Å². The second-order valence-electron chi connectivity index (χ2n) is 3.88. The molecule has 0 bridgehead atoms. The Kier molecular flexibility index (Phi) is 2.78. The predicted molar refractivity (Wildman–Crippen MR) is 59.5 cm³/mol. The number of nitrogens with zero attached hydrogens (tertiary/aromatic N) is 1. The lowest BCUT2D eigenvalue weighted by molar-refractivity contribution is 0.185. The first-order valence-corrected chi connectivity index (χ1v) is 5.13. The lowest BCUT2D eigenvalue weighted by Crippen LogP contribution is -2.18. The maximum Gasteiger partial charge on any atom is 0.288 e. The average molecular weight is 188 g/mol. The summed E-state index contributed by atoms with van der Waals surface area (Å²) >= 11 is 0. The van der Waals surface area contributed by atoms with Crippen LogP contribution >= 0.6 is 0 Å². The normalized spacial score (nSPS) is 16.1. The molecular formula is C11H15BNO. The molecule has 73 valence electrons. The highest BCUT2D eigenvalue weighted by molar-refractivity contribution is 6.41. The van der Waals surface area contributed by atoms with Crippen molar-refractivity contribution in [2.24, 2.45) is 0 Å².